The van der Waals surface area contributed by atoms with E-state index in [-0.39, 0.29) is 24.4 Å². The molecule has 0 spiro atoms. The van der Waals surface area contributed by atoms with E-state index in [1.54, 1.807) is 12.1 Å². The Kier molecular flexibility index (Phi) is 15.8. The summed E-state index contributed by atoms with van der Waals surface area (Å²) >= 11 is 0. The monoisotopic (exact) mass is 574 g/mol. The van der Waals surface area contributed by atoms with Gasteiger partial charge in [0, 0.05) is 0 Å². The average molecular weight is 575 g/mol. The number of esters is 1. The molecule has 0 saturated heterocycles. The normalized spacial score (nSPS) is 13.1. The van der Waals surface area contributed by atoms with E-state index in [2.05, 4.69) is 27.8 Å². The first-order valence-corrected chi connectivity index (χ1v) is 14.0. The second-order valence-corrected chi connectivity index (χ2v) is 11.1. The summed E-state index contributed by atoms with van der Waals surface area (Å²) in [7, 11) is 0. The summed E-state index contributed by atoms with van der Waals surface area (Å²) in [6.07, 6.45) is 1.18. The predicted octanol–water partition coefficient (Wildman–Crippen LogP) is 3.19. The quantitative estimate of drug-likeness (QED) is 0.165. The van der Waals surface area contributed by atoms with Gasteiger partial charge in [-0.1, -0.05) is 78.5 Å². The number of hydrogen-bond donors (Lipinski definition) is 4. The molecule has 4 N–H and O–H groups in total. The van der Waals surface area contributed by atoms with E-state index in [1.165, 1.54) is 0 Å². The van der Waals surface area contributed by atoms with Gasteiger partial charge in [-0.25, -0.2) is 9.59 Å². The fourth-order valence-electron chi connectivity index (χ4n) is 3.97. The van der Waals surface area contributed by atoms with E-state index < -0.39 is 54.5 Å². The number of carbonyl (C=O) groups excluding carboxylic acids is 5. The van der Waals surface area contributed by atoms with Crippen LogP contribution in [0.2, 0.25) is 0 Å². The third kappa shape index (κ3) is 14.9. The molecular weight excluding hydrogens is 528 g/mol. The molecule has 228 valence electrons. The van der Waals surface area contributed by atoms with Gasteiger partial charge in [0.25, 0.3) is 0 Å². The Hall–Kier alpha value is -3.89. The van der Waals surface area contributed by atoms with Gasteiger partial charge < -0.3 is 30.7 Å². The Morgan fingerprint density at radius 1 is 0.756 bits per heavy atom. The van der Waals surface area contributed by atoms with E-state index in [1.807, 2.05) is 59.7 Å². The van der Waals surface area contributed by atoms with Gasteiger partial charge in [0.05, 0.1) is 6.26 Å². The molecule has 0 aliphatic heterocycles. The topological polar surface area (TPSA) is 152 Å². The molecule has 1 aromatic rings. The lowest BCUT2D eigenvalue weighted by molar-refractivity contribution is -0.143. The number of nitrogens with one attached hydrogen (secondary N) is 4. The molecule has 0 saturated carbocycles. The largest absolute Gasteiger partial charge is 0.445 e. The lowest BCUT2D eigenvalue weighted by Crippen LogP contribution is -2.57. The molecule has 0 heterocycles. The second kappa shape index (κ2) is 18.5. The van der Waals surface area contributed by atoms with Crippen molar-refractivity contribution in [2.24, 2.45) is 17.8 Å². The van der Waals surface area contributed by atoms with Crippen LogP contribution in [0.4, 0.5) is 4.79 Å². The zero-order valence-corrected chi connectivity index (χ0v) is 25.0. The number of carbonyl (C=O) groups is 5. The summed E-state index contributed by atoms with van der Waals surface area (Å²) in [5.74, 6) is -2.14. The zero-order valence-electron chi connectivity index (χ0n) is 25.0. The highest BCUT2D eigenvalue weighted by Gasteiger charge is 2.31. The van der Waals surface area contributed by atoms with Crippen molar-refractivity contribution in [2.75, 3.05) is 6.54 Å². The van der Waals surface area contributed by atoms with Crippen LogP contribution in [0, 0.1) is 17.8 Å². The SMILES string of the molecule is C=COC(=O)[C@H](CC(C)C)NC(=O)[C@H](CC(C)C)NC(=O)[C@H](CC(C)C)NC(=O)CNC(=O)OCc1ccccc1. The summed E-state index contributed by atoms with van der Waals surface area (Å²) in [5, 5.41) is 10.5. The third-order valence-electron chi connectivity index (χ3n) is 5.81. The minimum Gasteiger partial charge on any atom is -0.445 e. The first-order valence-electron chi connectivity index (χ1n) is 14.0. The molecule has 11 nitrogen and oxygen atoms in total. The van der Waals surface area contributed by atoms with Gasteiger partial charge in [-0.3, -0.25) is 14.4 Å². The minimum atomic E-state index is -0.954. The first-order chi connectivity index (χ1) is 19.3. The predicted molar refractivity (Wildman–Crippen MR) is 155 cm³/mol. The standard InChI is InChI=1S/C30H46N4O7/c1-8-40-29(38)25(16-21(6)7)34-28(37)24(15-20(4)5)33-27(36)23(14-19(2)3)32-26(35)17-31-30(39)41-18-22-12-10-9-11-13-22/h8-13,19-21,23-25H,1,14-18H2,2-7H3,(H,31,39)(H,32,35)(H,33,36)(H,34,37)/t23-,24-,25-/m0/s1. The zero-order chi connectivity index (χ0) is 30.9. The minimum absolute atomic E-state index is 0.0383. The highest BCUT2D eigenvalue weighted by atomic mass is 16.5. The van der Waals surface area contributed by atoms with Crippen LogP contribution in [-0.2, 0) is 35.3 Å². The van der Waals surface area contributed by atoms with Gasteiger partial charge in [-0.2, -0.15) is 0 Å². The van der Waals surface area contributed by atoms with Crippen LogP contribution < -0.4 is 21.3 Å². The molecule has 3 atom stereocenters. The fourth-order valence-corrected chi connectivity index (χ4v) is 3.97. The average Bonchev–Trinajstić information content (AvgIpc) is 2.89. The maximum absolute atomic E-state index is 13.3. The van der Waals surface area contributed by atoms with E-state index in [0.717, 1.165) is 11.8 Å². The molecule has 4 amide bonds. The van der Waals surface area contributed by atoms with E-state index in [9.17, 15) is 24.0 Å². The highest BCUT2D eigenvalue weighted by molar-refractivity contribution is 5.94. The Balaban J connectivity index is 2.84. The lowest BCUT2D eigenvalue weighted by Gasteiger charge is -2.27. The van der Waals surface area contributed by atoms with Crippen molar-refractivity contribution in [1.29, 1.82) is 0 Å². The smallest absolute Gasteiger partial charge is 0.407 e. The van der Waals surface area contributed by atoms with E-state index in [4.69, 9.17) is 9.47 Å². The van der Waals surface area contributed by atoms with E-state index >= 15 is 0 Å². The Labute approximate surface area is 243 Å². The van der Waals surface area contributed by atoms with Crippen molar-refractivity contribution in [3.8, 4) is 0 Å². The summed E-state index contributed by atoms with van der Waals surface area (Å²) in [6.45, 7) is 14.5. The van der Waals surface area contributed by atoms with E-state index in [0.29, 0.717) is 19.3 Å². The van der Waals surface area contributed by atoms with Crippen molar-refractivity contribution in [3.63, 3.8) is 0 Å². The molecule has 0 aromatic heterocycles. The number of rotatable bonds is 17. The lowest BCUT2D eigenvalue weighted by atomic mass is 9.99. The molecule has 0 unspecified atom stereocenters. The number of benzene rings is 1. The highest BCUT2D eigenvalue weighted by Crippen LogP contribution is 2.12. The van der Waals surface area contributed by atoms with Gasteiger partial charge in [0.2, 0.25) is 17.7 Å². The summed E-state index contributed by atoms with van der Waals surface area (Å²) in [4.78, 5) is 63.5. The summed E-state index contributed by atoms with van der Waals surface area (Å²) < 4.78 is 9.99. The maximum Gasteiger partial charge on any atom is 0.407 e. The number of alkyl carbamates (subject to hydrolysis) is 1. The van der Waals surface area contributed by atoms with Gasteiger partial charge >= 0.3 is 12.1 Å². The van der Waals surface area contributed by atoms with Gasteiger partial charge in [0.15, 0.2) is 0 Å². The molecule has 0 radical (unpaired) electrons. The number of amides is 4. The second-order valence-electron chi connectivity index (χ2n) is 11.1. The molecule has 0 aliphatic rings. The van der Waals surface area contributed by atoms with Gasteiger partial charge in [-0.05, 0) is 42.6 Å². The Morgan fingerprint density at radius 3 is 1.76 bits per heavy atom. The summed E-state index contributed by atoms with van der Waals surface area (Å²) in [5.41, 5.74) is 0.800. The van der Waals surface area contributed by atoms with Crippen LogP contribution >= 0.6 is 0 Å². The van der Waals surface area contributed by atoms with Crippen LogP contribution in [0.1, 0.15) is 66.4 Å². The first kappa shape index (κ1) is 35.1. The molecule has 0 aliphatic carbocycles. The van der Waals surface area contributed by atoms with Crippen molar-refractivity contribution in [3.05, 3.63) is 48.7 Å². The molecule has 0 bridgehead atoms. The van der Waals surface area contributed by atoms with Crippen molar-refractivity contribution < 1.29 is 33.4 Å². The summed E-state index contributed by atoms with van der Waals surface area (Å²) in [6, 6.07) is 6.28. The molecule has 1 rings (SSSR count). The third-order valence-corrected chi connectivity index (χ3v) is 5.81. The fraction of sp³-hybridized carbons (Fsp3) is 0.567. The van der Waals surface area contributed by atoms with Crippen molar-refractivity contribution in [2.45, 2.75) is 85.5 Å². The molecule has 41 heavy (non-hydrogen) atoms. The molecule has 0 fully saturated rings. The Morgan fingerprint density at radius 2 is 1.24 bits per heavy atom. The Bertz CT molecular complexity index is 1010. The van der Waals surface area contributed by atoms with Crippen LogP contribution in [0.3, 0.4) is 0 Å². The number of hydrogen-bond acceptors (Lipinski definition) is 7. The van der Waals surface area contributed by atoms with Crippen LogP contribution in [-0.4, -0.2) is 54.5 Å². The molecule has 1 aromatic carbocycles. The molecule has 11 heteroatoms. The van der Waals surface area contributed by atoms with Crippen LogP contribution in [0.15, 0.2) is 43.2 Å². The van der Waals surface area contributed by atoms with Crippen LogP contribution in [0.25, 0.3) is 0 Å². The number of ether oxygens (including phenoxy) is 2. The van der Waals surface area contributed by atoms with Gasteiger partial charge in [0.1, 0.15) is 31.3 Å². The maximum atomic E-state index is 13.3. The van der Waals surface area contributed by atoms with Gasteiger partial charge in [-0.15, -0.1) is 0 Å². The van der Waals surface area contributed by atoms with Crippen molar-refractivity contribution >= 4 is 29.8 Å². The molecular formula is C30H46N4O7. The van der Waals surface area contributed by atoms with Crippen molar-refractivity contribution in [1.82, 2.24) is 21.3 Å². The van der Waals surface area contributed by atoms with Crippen LogP contribution in [0.5, 0.6) is 0 Å².